The first-order valence-corrected chi connectivity index (χ1v) is 13.3. The first-order valence-electron chi connectivity index (χ1n) is 13.3. The molecule has 2 saturated carbocycles. The number of fused-ring (bicyclic) bond motifs is 2. The van der Waals surface area contributed by atoms with E-state index >= 15 is 0 Å². The highest BCUT2D eigenvalue weighted by Gasteiger charge is 2.51. The van der Waals surface area contributed by atoms with Gasteiger partial charge in [0.25, 0.3) is 0 Å². The predicted molar refractivity (Wildman–Crippen MR) is 145 cm³/mol. The number of hydrogen-bond acceptors (Lipinski definition) is 7. The molecule has 1 aromatic heterocycles. The van der Waals surface area contributed by atoms with Crippen molar-refractivity contribution in [1.29, 1.82) is 0 Å². The zero-order valence-electron chi connectivity index (χ0n) is 22.2. The van der Waals surface area contributed by atoms with Crippen molar-refractivity contribution in [3.8, 4) is 5.69 Å². The fourth-order valence-electron chi connectivity index (χ4n) is 5.94. The van der Waals surface area contributed by atoms with Crippen LogP contribution in [0.15, 0.2) is 41.3 Å². The Morgan fingerprint density at radius 3 is 2.18 bits per heavy atom. The van der Waals surface area contributed by atoms with Gasteiger partial charge in [0, 0.05) is 50.0 Å². The second-order valence-electron chi connectivity index (χ2n) is 11.7. The molecular formula is C27H38N8O3. The predicted octanol–water partition coefficient (Wildman–Crippen LogP) is 1.15. The van der Waals surface area contributed by atoms with Crippen LogP contribution in [-0.2, 0) is 11.3 Å². The molecule has 1 aromatic carbocycles. The molecular weight excluding hydrogens is 484 g/mol. The maximum Gasteiger partial charge on any atom is 0.354 e. The summed E-state index contributed by atoms with van der Waals surface area (Å²) in [4.78, 5) is 45.1. The minimum absolute atomic E-state index is 0.0218. The smallest absolute Gasteiger partial charge is 0.338 e. The van der Waals surface area contributed by atoms with Crippen molar-refractivity contribution in [2.45, 2.75) is 69.1 Å². The zero-order chi connectivity index (χ0) is 27.1. The molecule has 1 aliphatic heterocycles. The van der Waals surface area contributed by atoms with Crippen molar-refractivity contribution in [2.75, 3.05) is 31.5 Å². The lowest BCUT2D eigenvalue weighted by Gasteiger charge is -2.37. The molecule has 0 unspecified atom stereocenters. The number of urea groups is 1. The lowest BCUT2D eigenvalue weighted by atomic mass is 9.91. The first-order chi connectivity index (χ1) is 18.0. The van der Waals surface area contributed by atoms with Gasteiger partial charge in [-0.1, -0.05) is 12.1 Å². The molecule has 2 heterocycles. The van der Waals surface area contributed by atoms with Crippen molar-refractivity contribution in [2.24, 2.45) is 11.5 Å². The van der Waals surface area contributed by atoms with E-state index in [0.29, 0.717) is 31.9 Å². The normalized spacial score (nSPS) is 25.1. The van der Waals surface area contributed by atoms with Crippen LogP contribution in [-0.4, -0.2) is 74.1 Å². The number of hydrogen-bond donors (Lipinski definition) is 4. The molecule has 0 spiro atoms. The van der Waals surface area contributed by atoms with E-state index in [9.17, 15) is 14.4 Å². The van der Waals surface area contributed by atoms with Gasteiger partial charge >= 0.3 is 11.7 Å². The quantitative estimate of drug-likeness (QED) is 0.444. The third kappa shape index (κ3) is 5.45. The van der Waals surface area contributed by atoms with Crippen molar-refractivity contribution in [3.05, 3.63) is 52.6 Å². The Labute approximate surface area is 222 Å². The summed E-state index contributed by atoms with van der Waals surface area (Å²) in [7, 11) is 0. The Balaban J connectivity index is 1.15. The topological polar surface area (TPSA) is 152 Å². The molecule has 3 fully saturated rings. The highest BCUT2D eigenvalue weighted by atomic mass is 16.2. The van der Waals surface area contributed by atoms with Crippen LogP contribution in [0.1, 0.15) is 51.5 Å². The fraction of sp³-hybridized carbons (Fsp3) is 0.556. The summed E-state index contributed by atoms with van der Waals surface area (Å²) in [6, 6.07) is 9.06. The number of carbonyl (C=O) groups excluding carboxylic acids is 2. The van der Waals surface area contributed by atoms with Crippen LogP contribution < -0.4 is 27.8 Å². The van der Waals surface area contributed by atoms with E-state index in [1.54, 1.807) is 35.9 Å². The van der Waals surface area contributed by atoms with Gasteiger partial charge in [0.05, 0.1) is 11.2 Å². The highest BCUT2D eigenvalue weighted by Crippen LogP contribution is 2.49. The molecule has 1 saturated heterocycles. The van der Waals surface area contributed by atoms with E-state index in [1.807, 2.05) is 24.3 Å². The van der Waals surface area contributed by atoms with E-state index in [2.05, 4.69) is 15.6 Å². The summed E-state index contributed by atoms with van der Waals surface area (Å²) < 4.78 is 1.45. The summed E-state index contributed by atoms with van der Waals surface area (Å²) in [6.07, 6.45) is 7.11. The summed E-state index contributed by atoms with van der Waals surface area (Å²) in [6.45, 7) is 5.67. The molecule has 0 atom stereocenters. The third-order valence-corrected chi connectivity index (χ3v) is 8.22. The second kappa shape index (κ2) is 9.79. The monoisotopic (exact) mass is 522 g/mol. The van der Waals surface area contributed by atoms with Gasteiger partial charge in [-0.2, -0.15) is 4.98 Å². The Hall–Kier alpha value is -3.28. The van der Waals surface area contributed by atoms with Gasteiger partial charge in [-0.25, -0.2) is 9.59 Å². The minimum Gasteiger partial charge on any atom is -0.338 e. The van der Waals surface area contributed by atoms with E-state index in [-0.39, 0.29) is 28.8 Å². The van der Waals surface area contributed by atoms with Crippen molar-refractivity contribution in [1.82, 2.24) is 24.7 Å². The number of carbonyl (C=O) groups is 2. The standard InChI is InChI=1S/C27H38N8O3/c1-25(2,28)22(36)33-13-15-34(16-14-33)23(37)31-21-7-12-35(24(38)32-21)20-5-3-19(4-6-20)17-30-27-10-8-26(29,18-27)9-11-27/h3-7,12,30H,8-11,13-18,28-29H2,1-2H3,(H,31,32,37,38). The Kier molecular flexibility index (Phi) is 6.79. The van der Waals surface area contributed by atoms with E-state index in [0.717, 1.165) is 44.2 Å². The maximum atomic E-state index is 12.7. The average molecular weight is 523 g/mol. The van der Waals surface area contributed by atoms with Gasteiger partial charge < -0.3 is 26.6 Å². The Bertz CT molecular complexity index is 1250. The lowest BCUT2D eigenvalue weighted by Crippen LogP contribution is -2.58. The average Bonchev–Trinajstić information content (AvgIpc) is 3.41. The molecule has 11 heteroatoms. The molecule has 3 aliphatic rings. The number of nitrogens with zero attached hydrogens (tertiary/aromatic N) is 4. The zero-order valence-corrected chi connectivity index (χ0v) is 22.2. The van der Waals surface area contributed by atoms with Gasteiger partial charge in [0.15, 0.2) is 0 Å². The molecule has 6 N–H and O–H groups in total. The Morgan fingerprint density at radius 1 is 1.00 bits per heavy atom. The van der Waals surface area contributed by atoms with E-state index < -0.39 is 11.2 Å². The number of amides is 3. The molecule has 0 radical (unpaired) electrons. The largest absolute Gasteiger partial charge is 0.354 e. The van der Waals surface area contributed by atoms with Crippen LogP contribution in [0, 0.1) is 0 Å². The van der Waals surface area contributed by atoms with Crippen LogP contribution in [0.4, 0.5) is 10.6 Å². The van der Waals surface area contributed by atoms with Crippen molar-refractivity contribution < 1.29 is 9.59 Å². The van der Waals surface area contributed by atoms with Crippen LogP contribution in [0.3, 0.4) is 0 Å². The Morgan fingerprint density at radius 2 is 1.63 bits per heavy atom. The lowest BCUT2D eigenvalue weighted by molar-refractivity contribution is -0.137. The summed E-state index contributed by atoms with van der Waals surface area (Å²) in [5.74, 6) is 0.0409. The number of rotatable bonds is 6. The second-order valence-corrected chi connectivity index (χ2v) is 11.7. The fourth-order valence-corrected chi connectivity index (χ4v) is 5.94. The van der Waals surface area contributed by atoms with E-state index in [4.69, 9.17) is 11.5 Å². The van der Waals surface area contributed by atoms with Gasteiger partial charge in [0.1, 0.15) is 5.82 Å². The van der Waals surface area contributed by atoms with Crippen LogP contribution in [0.25, 0.3) is 5.69 Å². The summed E-state index contributed by atoms with van der Waals surface area (Å²) >= 11 is 0. The molecule has 2 bridgehead atoms. The maximum absolute atomic E-state index is 12.7. The van der Waals surface area contributed by atoms with Crippen molar-refractivity contribution >= 4 is 17.8 Å². The van der Waals surface area contributed by atoms with Gasteiger partial charge in [-0.3, -0.25) is 14.7 Å². The van der Waals surface area contributed by atoms with Crippen LogP contribution in [0.2, 0.25) is 0 Å². The van der Waals surface area contributed by atoms with Crippen LogP contribution >= 0.6 is 0 Å². The summed E-state index contributed by atoms with van der Waals surface area (Å²) in [5.41, 5.74) is 12.9. The van der Waals surface area contributed by atoms with Gasteiger partial charge in [-0.15, -0.1) is 0 Å². The van der Waals surface area contributed by atoms with Gasteiger partial charge in [-0.05, 0) is 69.7 Å². The third-order valence-electron chi connectivity index (χ3n) is 8.22. The molecule has 204 valence electrons. The number of piperazine rings is 1. The summed E-state index contributed by atoms with van der Waals surface area (Å²) in [5, 5.41) is 6.43. The SMILES string of the molecule is CC(C)(N)C(=O)N1CCN(C(=O)Nc2ccn(-c3ccc(CNC45CCC(N)(CC4)C5)cc3)c(=O)n2)CC1. The molecule has 11 nitrogen and oxygen atoms in total. The van der Waals surface area contributed by atoms with Crippen LogP contribution in [0.5, 0.6) is 0 Å². The van der Waals surface area contributed by atoms with Gasteiger partial charge in [0.2, 0.25) is 5.91 Å². The molecule has 3 amide bonds. The molecule has 5 rings (SSSR count). The van der Waals surface area contributed by atoms with E-state index in [1.165, 1.54) is 4.57 Å². The highest BCUT2D eigenvalue weighted by molar-refractivity contribution is 5.89. The number of nitrogens with two attached hydrogens (primary N) is 2. The molecule has 2 aromatic rings. The number of benzene rings is 1. The molecule has 38 heavy (non-hydrogen) atoms. The number of nitrogens with one attached hydrogen (secondary N) is 2. The van der Waals surface area contributed by atoms with Crippen molar-refractivity contribution in [3.63, 3.8) is 0 Å². The molecule has 2 aliphatic carbocycles. The number of aromatic nitrogens is 2. The number of anilines is 1. The minimum atomic E-state index is -0.946. The first kappa shape index (κ1) is 26.3.